The SMILES string of the molecule is COC1=C(c2cc(NC(=O)C3(C(N)=O)CC3)ncn2)C=C(F)CC1. The van der Waals surface area contributed by atoms with Crippen molar-refractivity contribution in [2.75, 3.05) is 12.4 Å². The molecule has 1 aromatic rings. The lowest BCUT2D eigenvalue weighted by Crippen LogP contribution is -2.36. The number of halogens is 1. The molecule has 0 radical (unpaired) electrons. The van der Waals surface area contributed by atoms with Crippen LogP contribution in [0.5, 0.6) is 0 Å². The fourth-order valence-electron chi connectivity index (χ4n) is 2.62. The van der Waals surface area contributed by atoms with Gasteiger partial charge in [-0.15, -0.1) is 0 Å². The van der Waals surface area contributed by atoms with Gasteiger partial charge in [0.05, 0.1) is 12.8 Å². The Morgan fingerprint density at radius 3 is 2.71 bits per heavy atom. The van der Waals surface area contributed by atoms with E-state index in [1.54, 1.807) is 0 Å². The van der Waals surface area contributed by atoms with Crippen molar-refractivity contribution in [2.45, 2.75) is 25.7 Å². The second-order valence-electron chi connectivity index (χ2n) is 5.82. The highest BCUT2D eigenvalue weighted by atomic mass is 19.1. The number of carbonyl (C=O) groups is 2. The molecule has 3 N–H and O–H groups in total. The zero-order valence-electron chi connectivity index (χ0n) is 13.1. The number of nitrogens with one attached hydrogen (secondary N) is 1. The number of primary amides is 1. The van der Waals surface area contributed by atoms with Crippen LogP contribution in [0.4, 0.5) is 10.2 Å². The van der Waals surface area contributed by atoms with Gasteiger partial charge in [0.15, 0.2) is 0 Å². The molecule has 0 aliphatic heterocycles. The van der Waals surface area contributed by atoms with Gasteiger partial charge in [0.1, 0.15) is 29.1 Å². The fraction of sp³-hybridized carbons (Fsp3) is 0.375. The van der Waals surface area contributed by atoms with Gasteiger partial charge in [-0.3, -0.25) is 9.59 Å². The average molecular weight is 332 g/mol. The van der Waals surface area contributed by atoms with Crippen LogP contribution in [-0.4, -0.2) is 28.9 Å². The van der Waals surface area contributed by atoms with Gasteiger partial charge in [-0.2, -0.15) is 0 Å². The lowest BCUT2D eigenvalue weighted by Gasteiger charge is -2.16. The van der Waals surface area contributed by atoms with E-state index in [1.165, 1.54) is 25.6 Å². The van der Waals surface area contributed by atoms with Crippen LogP contribution in [0.25, 0.3) is 5.57 Å². The smallest absolute Gasteiger partial charge is 0.241 e. The summed E-state index contributed by atoms with van der Waals surface area (Å²) in [5.41, 5.74) is 5.08. The van der Waals surface area contributed by atoms with Crippen LogP contribution >= 0.6 is 0 Å². The van der Waals surface area contributed by atoms with E-state index in [2.05, 4.69) is 15.3 Å². The summed E-state index contributed by atoms with van der Waals surface area (Å²) in [7, 11) is 1.51. The van der Waals surface area contributed by atoms with Crippen molar-refractivity contribution in [2.24, 2.45) is 11.1 Å². The van der Waals surface area contributed by atoms with E-state index in [0.29, 0.717) is 36.3 Å². The summed E-state index contributed by atoms with van der Waals surface area (Å²) in [6, 6.07) is 1.51. The number of ether oxygens (including phenoxy) is 1. The number of hydrogen-bond acceptors (Lipinski definition) is 5. The number of rotatable bonds is 5. The number of hydrogen-bond donors (Lipinski definition) is 2. The molecule has 2 amide bonds. The van der Waals surface area contributed by atoms with Gasteiger partial charge in [0.2, 0.25) is 11.8 Å². The highest BCUT2D eigenvalue weighted by Gasteiger charge is 2.55. The number of allylic oxidation sites excluding steroid dienone is 4. The van der Waals surface area contributed by atoms with Gasteiger partial charge in [-0.1, -0.05) is 0 Å². The summed E-state index contributed by atoms with van der Waals surface area (Å²) in [5.74, 6) is -0.550. The Kier molecular flexibility index (Phi) is 4.04. The summed E-state index contributed by atoms with van der Waals surface area (Å²) in [6.45, 7) is 0. The van der Waals surface area contributed by atoms with Crippen LogP contribution in [-0.2, 0) is 14.3 Å². The molecule has 24 heavy (non-hydrogen) atoms. The van der Waals surface area contributed by atoms with Crippen molar-refractivity contribution >= 4 is 23.2 Å². The largest absolute Gasteiger partial charge is 0.500 e. The minimum Gasteiger partial charge on any atom is -0.500 e. The topological polar surface area (TPSA) is 107 Å². The lowest BCUT2D eigenvalue weighted by atomic mass is 10.0. The van der Waals surface area contributed by atoms with Gasteiger partial charge in [-0.05, 0) is 18.9 Å². The quantitative estimate of drug-likeness (QED) is 0.798. The van der Waals surface area contributed by atoms with Gasteiger partial charge in [0.25, 0.3) is 0 Å². The monoisotopic (exact) mass is 332 g/mol. The molecule has 0 atom stereocenters. The molecule has 0 aromatic carbocycles. The van der Waals surface area contributed by atoms with E-state index in [4.69, 9.17) is 10.5 Å². The Hall–Kier alpha value is -2.77. The van der Waals surface area contributed by atoms with E-state index < -0.39 is 17.2 Å². The molecule has 0 spiro atoms. The number of nitrogens with two attached hydrogens (primary N) is 1. The predicted molar refractivity (Wildman–Crippen MR) is 83.9 cm³/mol. The van der Waals surface area contributed by atoms with Crippen LogP contribution in [0.15, 0.2) is 30.1 Å². The molecule has 1 aromatic heterocycles. The molecule has 3 rings (SSSR count). The standard InChI is InChI=1S/C16H17FN4O3/c1-24-12-3-2-9(17)6-10(12)11-7-13(20-8-19-11)21-15(23)16(4-5-16)14(18)22/h6-8H,2-5H2,1H3,(H2,18,22)(H,19,20,21,23). The minimum absolute atomic E-state index is 0.222. The summed E-state index contributed by atoms with van der Waals surface area (Å²) in [6.07, 6.45) is 4.20. The summed E-state index contributed by atoms with van der Waals surface area (Å²) < 4.78 is 18.9. The number of anilines is 1. The van der Waals surface area contributed by atoms with Crippen LogP contribution in [0, 0.1) is 5.41 Å². The maximum Gasteiger partial charge on any atom is 0.241 e. The van der Waals surface area contributed by atoms with Gasteiger partial charge < -0.3 is 15.8 Å². The van der Waals surface area contributed by atoms with Crippen molar-refractivity contribution in [1.29, 1.82) is 0 Å². The Balaban J connectivity index is 1.86. The molecule has 8 heteroatoms. The van der Waals surface area contributed by atoms with E-state index in [9.17, 15) is 14.0 Å². The Morgan fingerprint density at radius 1 is 1.33 bits per heavy atom. The molecule has 0 saturated heterocycles. The van der Waals surface area contributed by atoms with E-state index >= 15 is 0 Å². The van der Waals surface area contributed by atoms with Crippen molar-refractivity contribution in [3.8, 4) is 0 Å². The normalized spacial score (nSPS) is 18.7. The zero-order chi connectivity index (χ0) is 17.3. The molecule has 2 aliphatic carbocycles. The molecular formula is C16H17FN4O3. The zero-order valence-corrected chi connectivity index (χ0v) is 13.1. The van der Waals surface area contributed by atoms with E-state index in [0.717, 1.165) is 0 Å². The molecule has 126 valence electrons. The van der Waals surface area contributed by atoms with Gasteiger partial charge >= 0.3 is 0 Å². The van der Waals surface area contributed by atoms with Crippen LogP contribution in [0.2, 0.25) is 0 Å². The third-order valence-electron chi connectivity index (χ3n) is 4.28. The molecular weight excluding hydrogens is 315 g/mol. The number of aromatic nitrogens is 2. The molecule has 2 aliphatic rings. The van der Waals surface area contributed by atoms with E-state index in [-0.39, 0.29) is 18.1 Å². The first-order chi connectivity index (χ1) is 11.5. The maximum atomic E-state index is 13.6. The van der Waals surface area contributed by atoms with E-state index in [1.807, 2.05) is 0 Å². The predicted octanol–water partition coefficient (Wildman–Crippen LogP) is 1.69. The Bertz CT molecular complexity index is 768. The summed E-state index contributed by atoms with van der Waals surface area (Å²) >= 11 is 0. The highest BCUT2D eigenvalue weighted by molar-refractivity contribution is 6.12. The Labute approximate surface area is 137 Å². The van der Waals surface area contributed by atoms with Gasteiger partial charge in [-0.25, -0.2) is 14.4 Å². The molecule has 7 nitrogen and oxygen atoms in total. The summed E-state index contributed by atoms with van der Waals surface area (Å²) in [5, 5.41) is 2.58. The fourth-order valence-corrected chi connectivity index (χ4v) is 2.62. The molecule has 0 bridgehead atoms. The number of amides is 2. The maximum absolute atomic E-state index is 13.6. The number of methoxy groups -OCH3 is 1. The molecule has 1 saturated carbocycles. The molecule has 1 fully saturated rings. The second-order valence-corrected chi connectivity index (χ2v) is 5.82. The summed E-state index contributed by atoms with van der Waals surface area (Å²) in [4.78, 5) is 31.7. The minimum atomic E-state index is -1.14. The first-order valence-corrected chi connectivity index (χ1v) is 7.53. The van der Waals surface area contributed by atoms with Crippen LogP contribution < -0.4 is 11.1 Å². The molecule has 0 unspecified atom stereocenters. The number of carbonyl (C=O) groups excluding carboxylic acids is 2. The van der Waals surface area contributed by atoms with Gasteiger partial charge in [0, 0.05) is 24.5 Å². The van der Waals surface area contributed by atoms with Crippen molar-refractivity contribution in [3.05, 3.63) is 35.7 Å². The van der Waals surface area contributed by atoms with Crippen molar-refractivity contribution in [3.63, 3.8) is 0 Å². The molecule has 1 heterocycles. The third kappa shape index (κ3) is 2.86. The van der Waals surface area contributed by atoms with Crippen molar-refractivity contribution < 1.29 is 18.7 Å². The average Bonchev–Trinajstić information content (AvgIpc) is 3.37. The first-order valence-electron chi connectivity index (χ1n) is 7.53. The van der Waals surface area contributed by atoms with Crippen LogP contribution in [0.1, 0.15) is 31.4 Å². The highest BCUT2D eigenvalue weighted by Crippen LogP contribution is 2.46. The number of nitrogens with zero attached hydrogens (tertiary/aromatic N) is 2. The Morgan fingerprint density at radius 2 is 2.08 bits per heavy atom. The first kappa shape index (κ1) is 16.1. The van der Waals surface area contributed by atoms with Crippen molar-refractivity contribution in [1.82, 2.24) is 9.97 Å². The van der Waals surface area contributed by atoms with Crippen LogP contribution in [0.3, 0.4) is 0 Å². The lowest BCUT2D eigenvalue weighted by molar-refractivity contribution is -0.132. The second kappa shape index (κ2) is 6.03. The third-order valence-corrected chi connectivity index (χ3v) is 4.28.